The molecule has 1 aliphatic rings. The molecule has 0 saturated carbocycles. The summed E-state index contributed by atoms with van der Waals surface area (Å²) in [6.07, 6.45) is 0. The predicted molar refractivity (Wildman–Crippen MR) is 112 cm³/mol. The van der Waals surface area contributed by atoms with Crippen molar-refractivity contribution < 1.29 is 18.1 Å². The number of quaternary nitrogens is 1. The van der Waals surface area contributed by atoms with E-state index in [1.54, 1.807) is 12.1 Å². The molecule has 0 radical (unpaired) electrons. The van der Waals surface area contributed by atoms with Gasteiger partial charge in [-0.15, -0.1) is 0 Å². The van der Waals surface area contributed by atoms with E-state index in [1.165, 1.54) is 9.21 Å². The van der Waals surface area contributed by atoms with Gasteiger partial charge in [0.25, 0.3) is 0 Å². The van der Waals surface area contributed by atoms with Gasteiger partial charge in [-0.25, -0.2) is 8.42 Å². The molecule has 0 bridgehead atoms. The van der Waals surface area contributed by atoms with Gasteiger partial charge in [0.2, 0.25) is 10.0 Å². The molecule has 27 heavy (non-hydrogen) atoms. The second-order valence-corrected chi connectivity index (χ2v) is 8.90. The average molecular weight is 416 g/mol. The molecule has 0 amide bonds. The number of anilines is 1. The zero-order chi connectivity index (χ0) is 19.9. The molecular weight excluding hydrogens is 384 g/mol. The highest BCUT2D eigenvalue weighted by Crippen LogP contribution is 2.26. The predicted octanol–water partition coefficient (Wildman–Crippen LogP) is 0.227. The molecule has 152 valence electrons. The maximum absolute atomic E-state index is 13.0. The van der Waals surface area contributed by atoms with Crippen LogP contribution in [-0.2, 0) is 14.8 Å². The molecule has 1 aromatic rings. The highest BCUT2D eigenvalue weighted by molar-refractivity contribution is 7.89. The number of thiocarbonyl (C=S) groups is 1. The summed E-state index contributed by atoms with van der Waals surface area (Å²) in [6, 6.07) is 5.34. The minimum atomic E-state index is -3.57. The lowest BCUT2D eigenvalue weighted by Gasteiger charge is -2.24. The summed E-state index contributed by atoms with van der Waals surface area (Å²) in [5.41, 5.74) is 1.39. The van der Waals surface area contributed by atoms with Crippen molar-refractivity contribution in [3.63, 3.8) is 0 Å². The van der Waals surface area contributed by atoms with Crippen molar-refractivity contribution in [1.82, 2.24) is 9.62 Å². The van der Waals surface area contributed by atoms with E-state index in [4.69, 9.17) is 17.0 Å². The molecule has 0 aliphatic carbocycles. The largest absolute Gasteiger partial charge is 0.370 e. The van der Waals surface area contributed by atoms with Gasteiger partial charge in [-0.05, 0) is 36.8 Å². The summed E-state index contributed by atoms with van der Waals surface area (Å²) in [5.74, 6) is 0. The molecule has 1 aliphatic heterocycles. The first-order valence-electron chi connectivity index (χ1n) is 9.45. The lowest BCUT2D eigenvalue weighted by atomic mass is 10.2. The summed E-state index contributed by atoms with van der Waals surface area (Å²) >= 11 is 5.38. The molecule has 1 heterocycles. The van der Waals surface area contributed by atoms with E-state index < -0.39 is 10.0 Å². The number of hydrogen-bond donors (Lipinski definition) is 3. The van der Waals surface area contributed by atoms with Gasteiger partial charge in [-0.3, -0.25) is 0 Å². The zero-order valence-corrected chi connectivity index (χ0v) is 18.0. The third kappa shape index (κ3) is 6.11. The van der Waals surface area contributed by atoms with Crippen LogP contribution in [-0.4, -0.2) is 70.3 Å². The first-order valence-corrected chi connectivity index (χ1v) is 11.3. The number of sulfonamides is 1. The van der Waals surface area contributed by atoms with Crippen molar-refractivity contribution in [2.75, 3.05) is 57.8 Å². The van der Waals surface area contributed by atoms with Crippen molar-refractivity contribution in [3.05, 3.63) is 23.8 Å². The Kier molecular flexibility index (Phi) is 8.43. The van der Waals surface area contributed by atoms with Gasteiger partial charge in [0.1, 0.15) is 18.0 Å². The minimum absolute atomic E-state index is 0.258. The molecule has 9 heteroatoms. The van der Waals surface area contributed by atoms with Crippen LogP contribution >= 0.6 is 12.2 Å². The van der Waals surface area contributed by atoms with E-state index in [9.17, 15) is 8.42 Å². The minimum Gasteiger partial charge on any atom is -0.370 e. The SMILES string of the molecule is CCN(CC)S(=O)(=O)c1cc(C)ccc1NC(=S)NCC[NH+]1CCOCC1. The highest BCUT2D eigenvalue weighted by atomic mass is 32.2. The van der Waals surface area contributed by atoms with E-state index in [-0.39, 0.29) is 4.90 Å². The Balaban J connectivity index is 2.04. The lowest BCUT2D eigenvalue weighted by molar-refractivity contribution is -0.906. The van der Waals surface area contributed by atoms with Gasteiger partial charge in [0.15, 0.2) is 5.11 Å². The van der Waals surface area contributed by atoms with Crippen molar-refractivity contribution in [2.24, 2.45) is 0 Å². The molecule has 0 aromatic heterocycles. The van der Waals surface area contributed by atoms with E-state index >= 15 is 0 Å². The van der Waals surface area contributed by atoms with E-state index in [1.807, 2.05) is 26.8 Å². The Morgan fingerprint density at radius 1 is 1.26 bits per heavy atom. The Hall–Kier alpha value is -1.26. The van der Waals surface area contributed by atoms with Crippen LogP contribution in [0.1, 0.15) is 19.4 Å². The number of nitrogens with zero attached hydrogens (tertiary/aromatic N) is 1. The fraction of sp³-hybridized carbons (Fsp3) is 0.611. The summed E-state index contributed by atoms with van der Waals surface area (Å²) in [6.45, 7) is 11.7. The van der Waals surface area contributed by atoms with Crippen LogP contribution in [0, 0.1) is 6.92 Å². The molecule has 0 unspecified atom stereocenters. The molecule has 7 nitrogen and oxygen atoms in total. The maximum atomic E-state index is 13.0. The molecule has 0 atom stereocenters. The monoisotopic (exact) mass is 415 g/mol. The van der Waals surface area contributed by atoms with Crippen LogP contribution in [0.3, 0.4) is 0 Å². The van der Waals surface area contributed by atoms with Gasteiger partial charge < -0.3 is 20.3 Å². The Morgan fingerprint density at radius 3 is 2.56 bits per heavy atom. The fourth-order valence-electron chi connectivity index (χ4n) is 3.08. The average Bonchev–Trinajstić information content (AvgIpc) is 2.65. The Bertz CT molecular complexity index is 730. The van der Waals surface area contributed by atoms with Crippen LogP contribution in [0.4, 0.5) is 5.69 Å². The molecule has 1 fully saturated rings. The standard InChI is InChI=1S/C18H30N4O3S2/c1-4-22(5-2)27(23,24)17-14-15(3)6-7-16(17)20-18(26)19-8-9-21-10-12-25-13-11-21/h6-7,14H,4-5,8-13H2,1-3H3,(H2,19,20,26)/p+1. The number of morpholine rings is 1. The van der Waals surface area contributed by atoms with Gasteiger partial charge >= 0.3 is 0 Å². The van der Waals surface area contributed by atoms with E-state index in [0.717, 1.165) is 45.0 Å². The Morgan fingerprint density at radius 2 is 1.93 bits per heavy atom. The topological polar surface area (TPSA) is 75.1 Å². The zero-order valence-electron chi connectivity index (χ0n) is 16.4. The van der Waals surface area contributed by atoms with Crippen LogP contribution in [0.25, 0.3) is 0 Å². The van der Waals surface area contributed by atoms with Gasteiger partial charge in [0, 0.05) is 13.1 Å². The number of benzene rings is 1. The normalized spacial score (nSPS) is 15.7. The molecular formula is C18H31N4O3S2+. The van der Waals surface area contributed by atoms with Crippen molar-refractivity contribution in [1.29, 1.82) is 0 Å². The van der Waals surface area contributed by atoms with Crippen LogP contribution in [0.15, 0.2) is 23.1 Å². The van der Waals surface area contributed by atoms with Gasteiger partial charge in [-0.2, -0.15) is 4.31 Å². The molecule has 1 aromatic carbocycles. The number of hydrogen-bond acceptors (Lipinski definition) is 4. The van der Waals surface area contributed by atoms with Crippen molar-refractivity contribution >= 4 is 33.0 Å². The van der Waals surface area contributed by atoms with Crippen molar-refractivity contribution in [3.8, 4) is 0 Å². The third-order valence-electron chi connectivity index (χ3n) is 4.67. The molecule has 1 saturated heterocycles. The first-order chi connectivity index (χ1) is 12.9. The summed E-state index contributed by atoms with van der Waals surface area (Å²) < 4.78 is 32.8. The van der Waals surface area contributed by atoms with E-state index in [0.29, 0.717) is 23.9 Å². The van der Waals surface area contributed by atoms with Crippen LogP contribution in [0.2, 0.25) is 0 Å². The third-order valence-corrected chi connectivity index (χ3v) is 7.01. The van der Waals surface area contributed by atoms with Crippen LogP contribution < -0.4 is 15.5 Å². The molecule has 3 N–H and O–H groups in total. The second kappa shape index (κ2) is 10.3. The lowest BCUT2D eigenvalue weighted by Crippen LogP contribution is -3.14. The quantitative estimate of drug-likeness (QED) is 0.528. The molecule has 2 rings (SSSR count). The maximum Gasteiger partial charge on any atom is 0.245 e. The van der Waals surface area contributed by atoms with Gasteiger partial charge in [-0.1, -0.05) is 19.9 Å². The van der Waals surface area contributed by atoms with E-state index in [2.05, 4.69) is 10.6 Å². The summed E-state index contributed by atoms with van der Waals surface area (Å²) in [5, 5.41) is 6.68. The van der Waals surface area contributed by atoms with Crippen molar-refractivity contribution in [2.45, 2.75) is 25.7 Å². The number of aryl methyl sites for hydroxylation is 1. The number of nitrogens with one attached hydrogen (secondary N) is 3. The number of ether oxygens (including phenoxy) is 1. The summed E-state index contributed by atoms with van der Waals surface area (Å²) in [7, 11) is -3.57. The molecule has 0 spiro atoms. The van der Waals surface area contributed by atoms with Gasteiger partial charge in [0.05, 0.1) is 32.0 Å². The van der Waals surface area contributed by atoms with Crippen LogP contribution in [0.5, 0.6) is 0 Å². The second-order valence-electron chi connectivity index (χ2n) is 6.58. The smallest absolute Gasteiger partial charge is 0.245 e. The fourth-order valence-corrected chi connectivity index (χ4v) is 4.98. The highest BCUT2D eigenvalue weighted by Gasteiger charge is 2.25. The number of rotatable bonds is 8. The first kappa shape index (κ1) is 22.0. The Labute approximate surface area is 168 Å². The summed E-state index contributed by atoms with van der Waals surface area (Å²) in [4.78, 5) is 1.74.